The quantitative estimate of drug-likeness (QED) is 0.815. The van der Waals surface area contributed by atoms with E-state index in [2.05, 4.69) is 22.0 Å². The first-order valence-corrected chi connectivity index (χ1v) is 7.94. The van der Waals surface area contributed by atoms with Crippen LogP contribution in [-0.4, -0.2) is 60.8 Å². The molecule has 0 spiro atoms. The lowest BCUT2D eigenvalue weighted by atomic mass is 10.1. The van der Waals surface area contributed by atoms with Gasteiger partial charge in [-0.25, -0.2) is 0 Å². The number of nitrogens with zero attached hydrogens (tertiary/aromatic N) is 2. The van der Waals surface area contributed by atoms with Gasteiger partial charge in [0.15, 0.2) is 5.78 Å². The van der Waals surface area contributed by atoms with E-state index in [0.717, 1.165) is 45.0 Å². The van der Waals surface area contributed by atoms with Gasteiger partial charge in [0.2, 0.25) is 5.91 Å². The highest BCUT2D eigenvalue weighted by atomic mass is 16.1. The van der Waals surface area contributed by atoms with Gasteiger partial charge in [0.1, 0.15) is 0 Å². The standard InChI is InChI=1S/C17H25N3O2/c1-3-19-10-12-20(13-11-19)9-8-17(22)18-16-6-4-15(5-7-16)14(2)21/h4-7H,3,8-13H2,1-2H3,(H,18,22). The number of likely N-dealkylation sites (N-methyl/N-ethyl adjacent to an activating group) is 1. The van der Waals surface area contributed by atoms with Crippen molar-refractivity contribution in [3.05, 3.63) is 29.8 Å². The summed E-state index contributed by atoms with van der Waals surface area (Å²) in [7, 11) is 0. The zero-order valence-electron chi connectivity index (χ0n) is 13.5. The van der Waals surface area contributed by atoms with Gasteiger partial charge in [-0.3, -0.25) is 9.59 Å². The predicted molar refractivity (Wildman–Crippen MR) is 88.2 cm³/mol. The van der Waals surface area contributed by atoms with E-state index < -0.39 is 0 Å². The van der Waals surface area contributed by atoms with Crippen molar-refractivity contribution < 1.29 is 9.59 Å². The Bertz CT molecular complexity index is 505. The number of hydrogen-bond acceptors (Lipinski definition) is 4. The molecule has 1 aromatic carbocycles. The van der Waals surface area contributed by atoms with Crippen LogP contribution in [0.1, 0.15) is 30.6 Å². The summed E-state index contributed by atoms with van der Waals surface area (Å²) in [5.74, 6) is 0.0533. The molecule has 1 saturated heterocycles. The highest BCUT2D eigenvalue weighted by molar-refractivity contribution is 5.95. The summed E-state index contributed by atoms with van der Waals surface area (Å²) in [4.78, 5) is 27.9. The van der Waals surface area contributed by atoms with Crippen molar-refractivity contribution in [2.45, 2.75) is 20.3 Å². The maximum Gasteiger partial charge on any atom is 0.225 e. The van der Waals surface area contributed by atoms with Crippen molar-refractivity contribution >= 4 is 17.4 Å². The SMILES string of the molecule is CCN1CCN(CCC(=O)Nc2ccc(C(C)=O)cc2)CC1. The Morgan fingerprint density at radius 3 is 2.18 bits per heavy atom. The Kier molecular flexibility index (Phi) is 6.10. The Hall–Kier alpha value is -1.72. The molecule has 1 aliphatic heterocycles. The molecule has 1 N–H and O–H groups in total. The Labute approximate surface area is 132 Å². The maximum atomic E-state index is 12.0. The minimum atomic E-state index is 0.0218. The molecule has 1 aliphatic rings. The monoisotopic (exact) mass is 303 g/mol. The summed E-state index contributed by atoms with van der Waals surface area (Å²) >= 11 is 0. The maximum absolute atomic E-state index is 12.0. The lowest BCUT2D eigenvalue weighted by Gasteiger charge is -2.33. The average molecular weight is 303 g/mol. The normalized spacial score (nSPS) is 16.5. The smallest absolute Gasteiger partial charge is 0.225 e. The fourth-order valence-corrected chi connectivity index (χ4v) is 2.60. The van der Waals surface area contributed by atoms with Gasteiger partial charge in [-0.1, -0.05) is 6.92 Å². The molecule has 0 radical (unpaired) electrons. The summed E-state index contributed by atoms with van der Waals surface area (Å²) in [6.45, 7) is 9.87. The van der Waals surface area contributed by atoms with Gasteiger partial charge in [0.05, 0.1) is 0 Å². The van der Waals surface area contributed by atoms with E-state index in [1.807, 2.05) is 0 Å². The fraction of sp³-hybridized carbons (Fsp3) is 0.529. The number of anilines is 1. The Balaban J connectivity index is 1.73. The van der Waals surface area contributed by atoms with Crippen molar-refractivity contribution in [2.75, 3.05) is 44.6 Å². The summed E-state index contributed by atoms with van der Waals surface area (Å²) in [5.41, 5.74) is 1.40. The molecular weight excluding hydrogens is 278 g/mol. The molecule has 1 aromatic rings. The van der Waals surface area contributed by atoms with E-state index in [9.17, 15) is 9.59 Å². The molecule has 1 fully saturated rings. The van der Waals surface area contributed by atoms with Crippen LogP contribution in [-0.2, 0) is 4.79 Å². The molecule has 1 amide bonds. The number of piperazine rings is 1. The zero-order valence-corrected chi connectivity index (χ0v) is 13.5. The van der Waals surface area contributed by atoms with Crippen LogP contribution >= 0.6 is 0 Å². The molecule has 120 valence electrons. The molecule has 1 heterocycles. The molecule has 0 unspecified atom stereocenters. The molecule has 0 saturated carbocycles. The molecule has 0 aliphatic carbocycles. The second kappa shape index (κ2) is 8.06. The number of rotatable bonds is 6. The summed E-state index contributed by atoms with van der Waals surface area (Å²) in [6.07, 6.45) is 0.501. The number of ketones is 1. The van der Waals surface area contributed by atoms with Crippen LogP contribution in [0.25, 0.3) is 0 Å². The minimum Gasteiger partial charge on any atom is -0.326 e. The molecular formula is C17H25N3O2. The van der Waals surface area contributed by atoms with E-state index in [4.69, 9.17) is 0 Å². The third-order valence-electron chi connectivity index (χ3n) is 4.14. The second-order valence-corrected chi connectivity index (χ2v) is 5.71. The van der Waals surface area contributed by atoms with Gasteiger partial charge in [-0.05, 0) is 37.7 Å². The van der Waals surface area contributed by atoms with E-state index in [1.54, 1.807) is 24.3 Å². The number of amides is 1. The van der Waals surface area contributed by atoms with Gasteiger partial charge in [-0.2, -0.15) is 0 Å². The lowest BCUT2D eigenvalue weighted by Crippen LogP contribution is -2.46. The van der Waals surface area contributed by atoms with Crippen LogP contribution in [0.4, 0.5) is 5.69 Å². The van der Waals surface area contributed by atoms with Gasteiger partial charge in [0.25, 0.3) is 0 Å². The number of hydrogen-bond donors (Lipinski definition) is 1. The van der Waals surface area contributed by atoms with Crippen LogP contribution in [0.15, 0.2) is 24.3 Å². The first-order valence-electron chi connectivity index (χ1n) is 7.94. The van der Waals surface area contributed by atoms with E-state index >= 15 is 0 Å². The van der Waals surface area contributed by atoms with Crippen molar-refractivity contribution in [3.8, 4) is 0 Å². The van der Waals surface area contributed by atoms with E-state index in [0.29, 0.717) is 12.0 Å². The number of carbonyl (C=O) groups excluding carboxylic acids is 2. The van der Waals surface area contributed by atoms with E-state index in [1.165, 1.54) is 6.92 Å². The van der Waals surface area contributed by atoms with Gasteiger partial charge in [-0.15, -0.1) is 0 Å². The fourth-order valence-electron chi connectivity index (χ4n) is 2.60. The van der Waals surface area contributed by atoms with Crippen molar-refractivity contribution in [2.24, 2.45) is 0 Å². The highest BCUT2D eigenvalue weighted by Crippen LogP contribution is 2.10. The second-order valence-electron chi connectivity index (χ2n) is 5.71. The minimum absolute atomic E-state index is 0.0218. The molecule has 22 heavy (non-hydrogen) atoms. The number of carbonyl (C=O) groups is 2. The van der Waals surface area contributed by atoms with Crippen molar-refractivity contribution in [1.82, 2.24) is 9.80 Å². The topological polar surface area (TPSA) is 52.6 Å². The number of nitrogens with one attached hydrogen (secondary N) is 1. The van der Waals surface area contributed by atoms with Crippen LogP contribution < -0.4 is 5.32 Å². The lowest BCUT2D eigenvalue weighted by molar-refractivity contribution is -0.116. The van der Waals surface area contributed by atoms with Gasteiger partial charge < -0.3 is 15.1 Å². The Morgan fingerprint density at radius 2 is 1.64 bits per heavy atom. The first kappa shape index (κ1) is 16.6. The third kappa shape index (κ3) is 4.93. The van der Waals surface area contributed by atoms with Crippen LogP contribution in [0, 0.1) is 0 Å². The van der Waals surface area contributed by atoms with Crippen LogP contribution in [0.3, 0.4) is 0 Å². The molecule has 5 nitrogen and oxygen atoms in total. The number of benzene rings is 1. The molecule has 0 atom stereocenters. The summed E-state index contributed by atoms with van der Waals surface area (Å²) in [6, 6.07) is 7.02. The van der Waals surface area contributed by atoms with Crippen LogP contribution in [0.2, 0.25) is 0 Å². The van der Waals surface area contributed by atoms with Gasteiger partial charge >= 0.3 is 0 Å². The van der Waals surface area contributed by atoms with Crippen molar-refractivity contribution in [3.63, 3.8) is 0 Å². The predicted octanol–water partition coefficient (Wildman–Crippen LogP) is 1.86. The van der Waals surface area contributed by atoms with Crippen molar-refractivity contribution in [1.29, 1.82) is 0 Å². The van der Waals surface area contributed by atoms with Crippen LogP contribution in [0.5, 0.6) is 0 Å². The number of Topliss-reactive ketones (excluding diaryl/α,β-unsaturated/α-hetero) is 1. The zero-order chi connectivity index (χ0) is 15.9. The molecule has 2 rings (SSSR count). The molecule has 0 aromatic heterocycles. The van der Waals surface area contributed by atoms with Gasteiger partial charge in [0, 0.05) is 50.4 Å². The highest BCUT2D eigenvalue weighted by Gasteiger charge is 2.16. The molecule has 0 bridgehead atoms. The third-order valence-corrected chi connectivity index (χ3v) is 4.14. The van der Waals surface area contributed by atoms with E-state index in [-0.39, 0.29) is 11.7 Å². The summed E-state index contributed by atoms with van der Waals surface area (Å²) < 4.78 is 0. The summed E-state index contributed by atoms with van der Waals surface area (Å²) in [5, 5.41) is 2.88. The molecule has 5 heteroatoms. The Morgan fingerprint density at radius 1 is 1.05 bits per heavy atom. The largest absolute Gasteiger partial charge is 0.326 e. The first-order chi connectivity index (χ1) is 10.6. The average Bonchev–Trinajstić information content (AvgIpc) is 2.54.